The maximum atomic E-state index is 13.6. The Morgan fingerprint density at radius 1 is 1.27 bits per heavy atom. The van der Waals surface area contributed by atoms with Crippen molar-refractivity contribution in [2.45, 2.75) is 25.6 Å². The number of carbonyl (C=O) groups excluding carboxylic acids is 2. The quantitative estimate of drug-likeness (QED) is 0.589. The Labute approximate surface area is 179 Å². The fourth-order valence-electron chi connectivity index (χ4n) is 3.92. The third-order valence-corrected chi connectivity index (χ3v) is 6.54. The van der Waals surface area contributed by atoms with Gasteiger partial charge in [-0.1, -0.05) is 12.1 Å². The molecule has 158 valence electrons. The Kier molecular flexibility index (Phi) is 5.53. The lowest BCUT2D eigenvalue weighted by Crippen LogP contribution is -2.63. The van der Waals surface area contributed by atoms with Gasteiger partial charge >= 0.3 is 0 Å². The zero-order valence-corrected chi connectivity index (χ0v) is 18.1. The molecule has 0 bridgehead atoms. The summed E-state index contributed by atoms with van der Waals surface area (Å²) in [5, 5.41) is 5.95. The molecule has 1 aliphatic heterocycles. The molecule has 30 heavy (non-hydrogen) atoms. The van der Waals surface area contributed by atoms with Gasteiger partial charge in [0, 0.05) is 25.6 Å². The van der Waals surface area contributed by atoms with Crippen molar-refractivity contribution in [2.24, 2.45) is 0 Å². The molecule has 1 aliphatic rings. The van der Waals surface area contributed by atoms with E-state index in [9.17, 15) is 9.59 Å². The van der Waals surface area contributed by atoms with Gasteiger partial charge in [-0.3, -0.25) is 9.59 Å². The van der Waals surface area contributed by atoms with E-state index in [0.29, 0.717) is 37.7 Å². The molecule has 0 saturated carbocycles. The van der Waals surface area contributed by atoms with Gasteiger partial charge in [0.2, 0.25) is 5.91 Å². The molecule has 7 nitrogen and oxygen atoms in total. The smallest absolute Gasteiger partial charge is 0.271 e. The molecule has 0 radical (unpaired) electrons. The van der Waals surface area contributed by atoms with Crippen molar-refractivity contribution in [3.63, 3.8) is 0 Å². The van der Waals surface area contributed by atoms with Crippen LogP contribution in [0.5, 0.6) is 5.75 Å². The van der Waals surface area contributed by atoms with Gasteiger partial charge in [0.15, 0.2) is 0 Å². The lowest BCUT2D eigenvalue weighted by Gasteiger charge is -2.44. The number of methoxy groups -OCH3 is 2. The summed E-state index contributed by atoms with van der Waals surface area (Å²) in [4.78, 5) is 29.5. The summed E-state index contributed by atoms with van der Waals surface area (Å²) >= 11 is 1.58. The summed E-state index contributed by atoms with van der Waals surface area (Å²) in [5.74, 6) is 0.365. The summed E-state index contributed by atoms with van der Waals surface area (Å²) < 4.78 is 12.4. The van der Waals surface area contributed by atoms with Crippen LogP contribution < -0.4 is 10.1 Å². The van der Waals surface area contributed by atoms with Crippen molar-refractivity contribution in [3.05, 3.63) is 53.0 Å². The van der Waals surface area contributed by atoms with E-state index in [-0.39, 0.29) is 11.8 Å². The second-order valence-electron chi connectivity index (χ2n) is 7.56. The number of thiophene rings is 1. The van der Waals surface area contributed by atoms with E-state index in [1.807, 2.05) is 53.3 Å². The molecule has 1 aromatic carbocycles. The molecule has 3 heterocycles. The SMILES string of the molecule is COCCNC(=O)[C@]1(C)Cn2c(cc3ccsc32)C(=O)N1Cc1cccc(OC)c1. The molecule has 0 unspecified atom stereocenters. The van der Waals surface area contributed by atoms with Gasteiger partial charge in [0.05, 0.1) is 20.3 Å². The van der Waals surface area contributed by atoms with Gasteiger partial charge in [-0.05, 0) is 42.1 Å². The number of hydrogen-bond acceptors (Lipinski definition) is 5. The Balaban J connectivity index is 1.74. The summed E-state index contributed by atoms with van der Waals surface area (Å²) in [6.07, 6.45) is 0. The summed E-state index contributed by atoms with van der Waals surface area (Å²) in [6.45, 7) is 3.33. The van der Waals surface area contributed by atoms with Gasteiger partial charge in [-0.25, -0.2) is 0 Å². The number of hydrogen-bond donors (Lipinski definition) is 1. The highest BCUT2D eigenvalue weighted by atomic mass is 32.1. The minimum Gasteiger partial charge on any atom is -0.497 e. The van der Waals surface area contributed by atoms with Crippen LogP contribution in [-0.4, -0.2) is 54.2 Å². The molecule has 0 fully saturated rings. The van der Waals surface area contributed by atoms with Crippen LogP contribution in [-0.2, 0) is 22.6 Å². The lowest BCUT2D eigenvalue weighted by molar-refractivity contribution is -0.133. The Bertz CT molecular complexity index is 1090. The molecule has 0 saturated heterocycles. The van der Waals surface area contributed by atoms with E-state index < -0.39 is 5.54 Å². The first kappa shape index (κ1) is 20.4. The number of nitrogens with zero attached hydrogens (tertiary/aromatic N) is 2. The van der Waals surface area contributed by atoms with E-state index in [1.165, 1.54) is 0 Å². The minimum atomic E-state index is -1.04. The number of carbonyl (C=O) groups is 2. The summed E-state index contributed by atoms with van der Waals surface area (Å²) in [6, 6.07) is 11.5. The summed E-state index contributed by atoms with van der Waals surface area (Å²) in [7, 11) is 3.20. The summed E-state index contributed by atoms with van der Waals surface area (Å²) in [5.41, 5.74) is 0.471. The lowest BCUT2D eigenvalue weighted by atomic mass is 9.94. The first-order valence-electron chi connectivity index (χ1n) is 9.77. The number of fused-ring (bicyclic) bond motifs is 3. The second kappa shape index (κ2) is 8.12. The highest BCUT2D eigenvalue weighted by Gasteiger charge is 2.47. The van der Waals surface area contributed by atoms with Crippen molar-refractivity contribution in [1.29, 1.82) is 0 Å². The molecule has 2 amide bonds. The normalized spacial score (nSPS) is 18.5. The molecule has 8 heteroatoms. The van der Waals surface area contributed by atoms with Crippen molar-refractivity contribution < 1.29 is 19.1 Å². The highest BCUT2D eigenvalue weighted by Crippen LogP contribution is 2.35. The van der Waals surface area contributed by atoms with Crippen LogP contribution in [0.25, 0.3) is 10.2 Å². The zero-order valence-electron chi connectivity index (χ0n) is 17.3. The molecule has 1 atom stereocenters. The van der Waals surface area contributed by atoms with Crippen molar-refractivity contribution >= 4 is 33.4 Å². The van der Waals surface area contributed by atoms with E-state index in [4.69, 9.17) is 9.47 Å². The Hall–Kier alpha value is -2.84. The van der Waals surface area contributed by atoms with Gasteiger partial charge in [-0.15, -0.1) is 11.3 Å². The monoisotopic (exact) mass is 427 g/mol. The largest absolute Gasteiger partial charge is 0.497 e. The first-order valence-corrected chi connectivity index (χ1v) is 10.6. The van der Waals surface area contributed by atoms with Gasteiger partial charge in [-0.2, -0.15) is 0 Å². The van der Waals surface area contributed by atoms with Crippen LogP contribution >= 0.6 is 11.3 Å². The maximum Gasteiger partial charge on any atom is 0.271 e. The van der Waals surface area contributed by atoms with Crippen LogP contribution in [0.2, 0.25) is 0 Å². The number of aromatic nitrogens is 1. The average molecular weight is 428 g/mol. The highest BCUT2D eigenvalue weighted by molar-refractivity contribution is 7.16. The molecule has 3 aromatic rings. The number of amides is 2. The topological polar surface area (TPSA) is 72.8 Å². The number of benzene rings is 1. The van der Waals surface area contributed by atoms with Gasteiger partial charge in [0.25, 0.3) is 5.91 Å². The molecular weight excluding hydrogens is 402 g/mol. The van der Waals surface area contributed by atoms with Crippen LogP contribution in [0.4, 0.5) is 0 Å². The van der Waals surface area contributed by atoms with Gasteiger partial charge in [0.1, 0.15) is 21.8 Å². The number of ether oxygens (including phenoxy) is 2. The van der Waals surface area contributed by atoms with E-state index in [0.717, 1.165) is 15.8 Å². The standard InChI is InChI=1S/C22H25N3O4S/c1-22(21(27)23-8-9-28-2)14-24-18(12-16-7-10-30-20(16)24)19(26)25(22)13-15-5-4-6-17(11-15)29-3/h4-7,10-12H,8-9,13-14H2,1-3H3,(H,23,27)/t22-/m0/s1. The van der Waals surface area contributed by atoms with Crippen LogP contribution in [0.15, 0.2) is 41.8 Å². The van der Waals surface area contributed by atoms with E-state index in [1.54, 1.807) is 30.5 Å². The molecular formula is C22H25N3O4S. The maximum absolute atomic E-state index is 13.6. The fraction of sp³-hybridized carbons (Fsp3) is 0.364. The Morgan fingerprint density at radius 2 is 2.10 bits per heavy atom. The predicted molar refractivity (Wildman–Crippen MR) is 116 cm³/mol. The minimum absolute atomic E-state index is 0.156. The van der Waals surface area contributed by atoms with Crippen molar-refractivity contribution in [3.8, 4) is 5.75 Å². The average Bonchev–Trinajstić information content (AvgIpc) is 3.34. The van der Waals surface area contributed by atoms with E-state index >= 15 is 0 Å². The number of rotatable bonds is 7. The first-order chi connectivity index (χ1) is 14.5. The van der Waals surface area contributed by atoms with Crippen molar-refractivity contribution in [1.82, 2.24) is 14.8 Å². The van der Waals surface area contributed by atoms with E-state index in [2.05, 4.69) is 5.32 Å². The van der Waals surface area contributed by atoms with Crippen LogP contribution in [0, 0.1) is 0 Å². The van der Waals surface area contributed by atoms with Crippen molar-refractivity contribution in [2.75, 3.05) is 27.4 Å². The Morgan fingerprint density at radius 3 is 2.87 bits per heavy atom. The zero-order chi connectivity index (χ0) is 21.3. The second-order valence-corrected chi connectivity index (χ2v) is 8.46. The molecule has 0 aliphatic carbocycles. The molecule has 0 spiro atoms. The van der Waals surface area contributed by atoms with Crippen LogP contribution in [0.1, 0.15) is 23.0 Å². The number of nitrogens with one attached hydrogen (secondary N) is 1. The van der Waals surface area contributed by atoms with Crippen LogP contribution in [0.3, 0.4) is 0 Å². The molecule has 2 aromatic heterocycles. The molecule has 4 rings (SSSR count). The van der Waals surface area contributed by atoms with Gasteiger partial charge < -0.3 is 24.3 Å². The predicted octanol–water partition coefficient (Wildman–Crippen LogP) is 2.89. The third-order valence-electron chi connectivity index (χ3n) is 5.58. The fourth-order valence-corrected chi connectivity index (χ4v) is 4.81. The third kappa shape index (κ3) is 3.46. The molecule has 1 N–H and O–H groups in total.